The van der Waals surface area contributed by atoms with Gasteiger partial charge in [0.2, 0.25) is 16.3 Å². The van der Waals surface area contributed by atoms with E-state index >= 15 is 0 Å². The summed E-state index contributed by atoms with van der Waals surface area (Å²) >= 11 is 0. The van der Waals surface area contributed by atoms with Crippen LogP contribution in [0, 0.1) is 5.82 Å². The number of rotatable bonds is 4. The van der Waals surface area contributed by atoms with Crippen molar-refractivity contribution >= 4 is 21.4 Å². The van der Waals surface area contributed by atoms with Gasteiger partial charge < -0.3 is 4.74 Å². The van der Waals surface area contributed by atoms with E-state index in [1.807, 2.05) is 30.3 Å². The molecule has 0 saturated carbocycles. The lowest BCUT2D eigenvalue weighted by Gasteiger charge is -2.26. The number of hydrogen-bond acceptors (Lipinski definition) is 4. The van der Waals surface area contributed by atoms with Gasteiger partial charge in [0.05, 0.1) is 17.7 Å². The highest BCUT2D eigenvalue weighted by Crippen LogP contribution is 2.36. The van der Waals surface area contributed by atoms with E-state index in [1.54, 1.807) is 30.3 Å². The molecule has 0 aromatic heterocycles. The average Bonchev–Trinajstić information content (AvgIpc) is 2.67. The number of halogens is 1. The maximum atomic E-state index is 13.4. The topological polar surface area (TPSA) is 67.8 Å². The van der Waals surface area contributed by atoms with Crippen LogP contribution in [0.3, 0.4) is 0 Å². The second-order valence-corrected chi connectivity index (χ2v) is 8.20. The molecule has 1 unspecified atom stereocenters. The van der Waals surface area contributed by atoms with E-state index in [9.17, 15) is 12.8 Å². The van der Waals surface area contributed by atoms with Crippen molar-refractivity contribution in [1.82, 2.24) is 0 Å². The molecule has 0 saturated heterocycles. The molecule has 5 nitrogen and oxygen atoms in total. The van der Waals surface area contributed by atoms with Crippen LogP contribution in [-0.4, -0.2) is 20.4 Å². The van der Waals surface area contributed by atoms with E-state index in [4.69, 9.17) is 9.73 Å². The molecule has 1 atom stereocenters. The largest absolute Gasteiger partial charge is 0.464 e. The molecule has 1 aliphatic rings. The summed E-state index contributed by atoms with van der Waals surface area (Å²) in [6.07, 6.45) is 0.494. The van der Waals surface area contributed by atoms with Crippen LogP contribution < -0.4 is 9.46 Å². The van der Waals surface area contributed by atoms with E-state index in [-0.39, 0.29) is 5.82 Å². The van der Waals surface area contributed by atoms with Gasteiger partial charge in [-0.2, -0.15) is 0 Å². The lowest BCUT2D eigenvalue weighted by atomic mass is 9.99. The van der Waals surface area contributed by atoms with Crippen molar-refractivity contribution in [2.75, 3.05) is 11.0 Å². The molecule has 3 aromatic carbocycles. The summed E-state index contributed by atoms with van der Waals surface area (Å²) in [6.45, 7) is 0. The van der Waals surface area contributed by atoms with Gasteiger partial charge in [-0.3, -0.25) is 4.72 Å². The fraction of sp³-hybridized carbons (Fsp3) is 0.0952. The number of nitrogens with one attached hydrogen (secondary N) is 1. The predicted molar refractivity (Wildman–Crippen MR) is 107 cm³/mol. The first-order valence-electron chi connectivity index (χ1n) is 8.57. The number of benzene rings is 3. The van der Waals surface area contributed by atoms with Gasteiger partial charge in [0.1, 0.15) is 11.6 Å². The van der Waals surface area contributed by atoms with Crippen LogP contribution in [0.2, 0.25) is 0 Å². The zero-order chi connectivity index (χ0) is 19.7. The zero-order valence-electron chi connectivity index (χ0n) is 15.0. The van der Waals surface area contributed by atoms with Gasteiger partial charge >= 0.3 is 0 Å². The highest BCUT2D eigenvalue weighted by atomic mass is 32.2. The molecule has 28 heavy (non-hydrogen) atoms. The Labute approximate surface area is 162 Å². The van der Waals surface area contributed by atoms with E-state index < -0.39 is 16.3 Å². The molecular weight excluding hydrogens is 379 g/mol. The second-order valence-electron chi connectivity index (χ2n) is 6.45. The second kappa shape index (κ2) is 7.09. The maximum Gasteiger partial charge on any atom is 0.229 e. The minimum Gasteiger partial charge on any atom is -0.464 e. The molecule has 1 heterocycles. The number of ether oxygens (including phenoxy) is 1. The van der Waals surface area contributed by atoms with Crippen LogP contribution in [0.5, 0.6) is 5.75 Å². The standard InChI is InChI=1S/C21H17FN2O3S/c1-28(25,26)24-17-11-12-18-19(13-17)27-21(15-5-3-2-4-6-15)23-20(18)14-7-9-16(22)10-8-14/h2-13,21,24H,1H3. The molecule has 7 heteroatoms. The normalized spacial score (nSPS) is 15.9. The Hall–Kier alpha value is -3.19. The first kappa shape index (κ1) is 18.2. The molecule has 0 aliphatic carbocycles. The monoisotopic (exact) mass is 396 g/mol. The highest BCUT2D eigenvalue weighted by molar-refractivity contribution is 7.92. The van der Waals surface area contributed by atoms with Crippen molar-refractivity contribution < 1.29 is 17.5 Å². The number of sulfonamides is 1. The van der Waals surface area contributed by atoms with Crippen molar-refractivity contribution in [2.45, 2.75) is 6.23 Å². The van der Waals surface area contributed by atoms with Crippen LogP contribution in [0.15, 0.2) is 77.8 Å². The smallest absolute Gasteiger partial charge is 0.229 e. The molecule has 0 bridgehead atoms. The lowest BCUT2D eigenvalue weighted by Crippen LogP contribution is -2.19. The Bertz CT molecular complexity index is 1140. The molecule has 3 aromatic rings. The van der Waals surface area contributed by atoms with Gasteiger partial charge in [0.25, 0.3) is 0 Å². The number of aliphatic imine (C=N–C) groups is 1. The highest BCUT2D eigenvalue weighted by Gasteiger charge is 2.25. The molecule has 1 N–H and O–H groups in total. The Balaban J connectivity index is 1.82. The molecule has 0 spiro atoms. The zero-order valence-corrected chi connectivity index (χ0v) is 15.8. The molecule has 4 rings (SSSR count). The van der Waals surface area contributed by atoms with Crippen molar-refractivity contribution in [1.29, 1.82) is 0 Å². The first-order chi connectivity index (χ1) is 13.4. The SMILES string of the molecule is CS(=O)(=O)Nc1ccc2c(c1)OC(c1ccccc1)N=C2c1ccc(F)cc1. The Kier molecular flexibility index (Phi) is 4.60. The van der Waals surface area contributed by atoms with Crippen molar-refractivity contribution in [2.24, 2.45) is 4.99 Å². The minimum atomic E-state index is -3.42. The van der Waals surface area contributed by atoms with Crippen LogP contribution in [0.25, 0.3) is 0 Å². The fourth-order valence-corrected chi connectivity index (χ4v) is 3.58. The summed E-state index contributed by atoms with van der Waals surface area (Å²) in [4.78, 5) is 4.73. The molecule has 142 valence electrons. The Morgan fingerprint density at radius 3 is 2.39 bits per heavy atom. The van der Waals surface area contributed by atoms with Gasteiger partial charge in [-0.15, -0.1) is 0 Å². The minimum absolute atomic E-state index is 0.330. The predicted octanol–water partition coefficient (Wildman–Crippen LogP) is 4.13. The van der Waals surface area contributed by atoms with Crippen LogP contribution in [0.4, 0.5) is 10.1 Å². The van der Waals surface area contributed by atoms with Crippen LogP contribution in [-0.2, 0) is 10.0 Å². The van der Waals surface area contributed by atoms with Crippen molar-refractivity contribution in [3.8, 4) is 5.75 Å². The number of nitrogens with zero attached hydrogens (tertiary/aromatic N) is 1. The number of hydrogen-bond donors (Lipinski definition) is 1. The van der Waals surface area contributed by atoms with Gasteiger partial charge in [-0.05, 0) is 36.4 Å². The van der Waals surface area contributed by atoms with E-state index in [2.05, 4.69) is 4.72 Å². The van der Waals surface area contributed by atoms with E-state index in [0.29, 0.717) is 22.7 Å². The van der Waals surface area contributed by atoms with Crippen LogP contribution >= 0.6 is 0 Å². The van der Waals surface area contributed by atoms with Gasteiger partial charge in [-0.1, -0.05) is 30.3 Å². The Morgan fingerprint density at radius 1 is 1.00 bits per heavy atom. The van der Waals surface area contributed by atoms with E-state index in [1.165, 1.54) is 12.1 Å². The molecule has 0 radical (unpaired) electrons. The lowest BCUT2D eigenvalue weighted by molar-refractivity contribution is 0.211. The molecule has 0 amide bonds. The summed E-state index contributed by atoms with van der Waals surface area (Å²) in [5.41, 5.74) is 3.36. The first-order valence-corrected chi connectivity index (χ1v) is 10.5. The van der Waals surface area contributed by atoms with Crippen LogP contribution in [0.1, 0.15) is 22.9 Å². The van der Waals surface area contributed by atoms with Gasteiger partial charge in [0.15, 0.2) is 0 Å². The average molecular weight is 396 g/mol. The van der Waals surface area contributed by atoms with Crippen molar-refractivity contribution in [3.63, 3.8) is 0 Å². The van der Waals surface area contributed by atoms with E-state index in [0.717, 1.165) is 17.4 Å². The van der Waals surface area contributed by atoms with Gasteiger partial charge in [0, 0.05) is 22.8 Å². The fourth-order valence-electron chi connectivity index (χ4n) is 3.02. The summed E-state index contributed by atoms with van der Waals surface area (Å²) in [7, 11) is -3.42. The third kappa shape index (κ3) is 3.89. The quantitative estimate of drug-likeness (QED) is 0.721. The Morgan fingerprint density at radius 2 is 1.71 bits per heavy atom. The van der Waals surface area contributed by atoms with Crippen molar-refractivity contribution in [3.05, 3.63) is 95.3 Å². The number of fused-ring (bicyclic) bond motifs is 1. The third-order valence-electron chi connectivity index (χ3n) is 4.23. The molecular formula is C21H17FN2O3S. The maximum absolute atomic E-state index is 13.4. The van der Waals surface area contributed by atoms with Gasteiger partial charge in [-0.25, -0.2) is 17.8 Å². The summed E-state index contributed by atoms with van der Waals surface area (Å²) in [5.74, 6) is 0.167. The summed E-state index contributed by atoms with van der Waals surface area (Å²) < 4.78 is 45.0. The molecule has 0 fully saturated rings. The molecule has 1 aliphatic heterocycles. The summed E-state index contributed by atoms with van der Waals surface area (Å²) in [6, 6.07) is 20.6. The number of anilines is 1. The summed E-state index contributed by atoms with van der Waals surface area (Å²) in [5, 5.41) is 0. The third-order valence-corrected chi connectivity index (χ3v) is 4.83.